The van der Waals surface area contributed by atoms with Crippen LogP contribution >= 0.6 is 0 Å². The van der Waals surface area contributed by atoms with Crippen molar-refractivity contribution in [3.8, 4) is 0 Å². The minimum Gasteiger partial charge on any atom is -0.394 e. The number of carbonyl (C=O) groups excluding carboxylic acids is 1. The van der Waals surface area contributed by atoms with E-state index in [0.717, 1.165) is 18.4 Å². The molecule has 77 heavy (non-hydrogen) atoms. The maximum absolute atomic E-state index is 15.2. The third-order valence-corrected chi connectivity index (χ3v) is 20.4. The average molecular weight is 1110 g/mol. The average Bonchev–Trinajstić information content (AvgIpc) is 3.80. The molecule has 23 heteroatoms. The van der Waals surface area contributed by atoms with Gasteiger partial charge in [0.1, 0.15) is 85.1 Å². The maximum Gasteiger partial charge on any atom is 0.187 e. The number of aliphatic hydroxyl groups is 14. The van der Waals surface area contributed by atoms with Crippen molar-refractivity contribution in [1.29, 1.82) is 0 Å². The van der Waals surface area contributed by atoms with Gasteiger partial charge in [0.25, 0.3) is 0 Å². The molecule has 4 heterocycles. The second-order valence-corrected chi connectivity index (χ2v) is 25.6. The van der Waals surface area contributed by atoms with Crippen LogP contribution in [0.3, 0.4) is 0 Å². The van der Waals surface area contributed by atoms with E-state index in [2.05, 4.69) is 47.6 Å². The van der Waals surface area contributed by atoms with Gasteiger partial charge in [-0.25, -0.2) is 0 Å². The Kier molecular flexibility index (Phi) is 18.6. The van der Waals surface area contributed by atoms with Crippen LogP contribution in [0.5, 0.6) is 0 Å². The van der Waals surface area contributed by atoms with Gasteiger partial charge in [-0.05, 0) is 93.3 Å². The minimum atomic E-state index is -1.84. The van der Waals surface area contributed by atoms with Gasteiger partial charge in [-0.2, -0.15) is 0 Å². The van der Waals surface area contributed by atoms with Crippen LogP contribution < -0.4 is 0 Å². The van der Waals surface area contributed by atoms with Crippen molar-refractivity contribution in [2.45, 2.75) is 248 Å². The number of Topliss-reactive ketones (excluding diaryl/α,β-unsaturated/α-hetero) is 1. The van der Waals surface area contributed by atoms with Crippen molar-refractivity contribution in [3.63, 3.8) is 0 Å². The Morgan fingerprint density at radius 1 is 0.662 bits per heavy atom. The molecule has 444 valence electrons. The molecule has 8 rings (SSSR count). The summed E-state index contributed by atoms with van der Waals surface area (Å²) in [5.41, 5.74) is -2.36. The van der Waals surface area contributed by atoms with Gasteiger partial charge in [0, 0.05) is 23.7 Å². The normalized spacial score (nSPS) is 50.0. The summed E-state index contributed by atoms with van der Waals surface area (Å²) in [6, 6.07) is 0. The quantitative estimate of drug-likeness (QED) is 0.0701. The zero-order valence-electron chi connectivity index (χ0n) is 45.6. The Hall–Kier alpha value is -1.47. The van der Waals surface area contributed by atoms with Crippen molar-refractivity contribution < 1.29 is 114 Å². The highest BCUT2D eigenvalue weighted by Gasteiger charge is 2.70. The Bertz CT molecular complexity index is 2030. The molecule has 7 fully saturated rings. The molecule has 4 saturated heterocycles. The second-order valence-electron chi connectivity index (χ2n) is 25.6. The molecule has 28 atom stereocenters. The minimum absolute atomic E-state index is 0.00905. The lowest BCUT2D eigenvalue weighted by Gasteiger charge is -2.65. The summed E-state index contributed by atoms with van der Waals surface area (Å²) < 4.78 is 48.1. The van der Waals surface area contributed by atoms with Crippen molar-refractivity contribution in [2.24, 2.45) is 45.3 Å². The predicted octanol–water partition coefficient (Wildman–Crippen LogP) is -1.99. The molecule has 0 aromatic carbocycles. The number of aliphatic hydroxyl groups excluding tert-OH is 13. The molecule has 8 aliphatic rings. The lowest BCUT2D eigenvalue weighted by molar-refractivity contribution is -0.368. The number of fused-ring (bicyclic) bond motifs is 5. The van der Waals surface area contributed by atoms with Crippen LogP contribution in [0.15, 0.2) is 11.6 Å². The van der Waals surface area contributed by atoms with E-state index in [0.29, 0.717) is 32.1 Å². The lowest BCUT2D eigenvalue weighted by atomic mass is 9.38. The van der Waals surface area contributed by atoms with Gasteiger partial charge in [-0.15, -0.1) is 0 Å². The van der Waals surface area contributed by atoms with Gasteiger partial charge in [0.05, 0.1) is 56.4 Å². The molecular formula is C54H90O23. The van der Waals surface area contributed by atoms with Crippen molar-refractivity contribution in [2.75, 3.05) is 26.4 Å². The number of hydrogen-bond donors (Lipinski definition) is 14. The number of hydrogen-bond acceptors (Lipinski definition) is 23. The van der Waals surface area contributed by atoms with Gasteiger partial charge in [0.2, 0.25) is 0 Å². The molecule has 0 spiro atoms. The van der Waals surface area contributed by atoms with Gasteiger partial charge >= 0.3 is 0 Å². The summed E-state index contributed by atoms with van der Waals surface area (Å²) in [5, 5.41) is 148. The molecule has 0 aromatic heterocycles. The Morgan fingerprint density at radius 3 is 1.74 bits per heavy atom. The van der Waals surface area contributed by atoms with Gasteiger partial charge in [0.15, 0.2) is 25.2 Å². The highest BCUT2D eigenvalue weighted by Crippen LogP contribution is 2.74. The standard InChI is InChI=1S/C54H90O23/c1-23(25-15-16-52(6)32-12-10-26-27(54(32,8)33(59)18-53(25,52)7)11-14-34(50(26,2)3)75-47-43(67)40(64)37(61)30(20-56)73-47)9-13-35(51(4,5)69)76-49-45(77-48-44(68)41(65)38(62)31(21-57)74-48)28(58)17-24(71-49)22-70-46-42(66)39(63)36(60)29(19-55)72-46/h10,23-25,27-32,34-49,55-58,60-69H,9,11-22H2,1-8H3/t23?,24-,25?,27?,28-,29+,30+,31+,32?,34?,35?,36+,37+,38+,39-,40-,41-,42?,43+,44+,45+,46+,47-,48-,49-,52?,53?,54?/m0/s1. The fraction of sp³-hybridized carbons (Fsp3) is 0.944. The van der Waals surface area contributed by atoms with Crippen LogP contribution in [0.1, 0.15) is 113 Å². The van der Waals surface area contributed by atoms with E-state index in [1.165, 1.54) is 0 Å². The van der Waals surface area contributed by atoms with Crippen LogP contribution in [0.2, 0.25) is 0 Å². The van der Waals surface area contributed by atoms with Gasteiger partial charge < -0.3 is 109 Å². The molecule has 0 radical (unpaired) electrons. The van der Waals surface area contributed by atoms with E-state index >= 15 is 4.79 Å². The Balaban J connectivity index is 0.977. The first-order chi connectivity index (χ1) is 36.0. The molecular weight excluding hydrogens is 1020 g/mol. The predicted molar refractivity (Wildman–Crippen MR) is 265 cm³/mol. The Morgan fingerprint density at radius 2 is 1.19 bits per heavy atom. The van der Waals surface area contributed by atoms with Crippen LogP contribution in [-0.2, 0) is 42.7 Å². The first-order valence-electron chi connectivity index (χ1n) is 27.8. The fourth-order valence-electron chi connectivity index (χ4n) is 15.3. The van der Waals surface area contributed by atoms with E-state index in [9.17, 15) is 71.5 Å². The van der Waals surface area contributed by atoms with E-state index in [4.69, 9.17) is 37.9 Å². The monoisotopic (exact) mass is 1110 g/mol. The number of allylic oxidation sites excluding steroid dienone is 1. The van der Waals surface area contributed by atoms with Gasteiger partial charge in [-0.3, -0.25) is 4.79 Å². The first-order valence-corrected chi connectivity index (χ1v) is 27.8. The van der Waals surface area contributed by atoms with E-state index in [-0.39, 0.29) is 54.3 Å². The molecule has 4 aliphatic heterocycles. The molecule has 3 saturated carbocycles. The molecule has 0 amide bonds. The molecule has 0 bridgehead atoms. The number of ether oxygens (including phenoxy) is 8. The van der Waals surface area contributed by atoms with Crippen LogP contribution in [0, 0.1) is 45.3 Å². The smallest absolute Gasteiger partial charge is 0.187 e. The van der Waals surface area contributed by atoms with Crippen molar-refractivity contribution >= 4 is 5.78 Å². The first kappa shape index (κ1) is 61.6. The highest BCUT2D eigenvalue weighted by atomic mass is 16.8. The van der Waals surface area contributed by atoms with Crippen molar-refractivity contribution in [1.82, 2.24) is 0 Å². The highest BCUT2D eigenvalue weighted by molar-refractivity contribution is 5.88. The molecule has 10 unspecified atom stereocenters. The summed E-state index contributed by atoms with van der Waals surface area (Å²) in [6.07, 6.45) is -23.4. The number of rotatable bonds is 17. The van der Waals surface area contributed by atoms with E-state index in [1.807, 2.05) is 0 Å². The SMILES string of the molecule is CC(CCC(O[C@@H]1O[C@H](CO[C@@H]2O[C@H](CO)[C@@H](O)[C@H](O)C2O)C[C@H](O)[C@H]1O[C@@H]1O[C@H](CO)[C@@H](O)[C@H](O)[C@H]1O)C(C)(C)O)C1CCC2(C)C3CC=C4C(CCC(O[C@@H]5O[C@H](CO)[C@@H](O)[C@H](O)[C@H]5O)C4(C)C)C3(C)C(=O)CC12C. The lowest BCUT2D eigenvalue weighted by Crippen LogP contribution is -2.64. The topological polar surface area (TPSA) is 374 Å². The third-order valence-electron chi connectivity index (χ3n) is 20.4. The van der Waals surface area contributed by atoms with Crippen LogP contribution in [0.4, 0.5) is 0 Å². The van der Waals surface area contributed by atoms with Crippen LogP contribution in [0.25, 0.3) is 0 Å². The molecule has 14 N–H and O–H groups in total. The molecule has 23 nitrogen and oxygen atoms in total. The summed E-state index contributed by atoms with van der Waals surface area (Å²) >= 11 is 0. The number of carbonyl (C=O) groups is 1. The summed E-state index contributed by atoms with van der Waals surface area (Å²) in [4.78, 5) is 15.2. The van der Waals surface area contributed by atoms with E-state index in [1.54, 1.807) is 13.8 Å². The largest absolute Gasteiger partial charge is 0.394 e. The second kappa shape index (κ2) is 23.3. The summed E-state index contributed by atoms with van der Waals surface area (Å²) in [6.45, 7) is 13.7. The summed E-state index contributed by atoms with van der Waals surface area (Å²) in [7, 11) is 0. The zero-order valence-corrected chi connectivity index (χ0v) is 45.6. The third kappa shape index (κ3) is 11.0. The zero-order chi connectivity index (χ0) is 56.6. The Labute approximate surface area is 450 Å². The van der Waals surface area contributed by atoms with Crippen LogP contribution in [-0.4, -0.2) is 238 Å². The number of ketones is 1. The molecule has 4 aliphatic carbocycles. The maximum atomic E-state index is 15.2. The van der Waals surface area contributed by atoms with Gasteiger partial charge in [-0.1, -0.05) is 53.2 Å². The van der Waals surface area contributed by atoms with E-state index < -0.39 is 171 Å². The van der Waals surface area contributed by atoms with Crippen molar-refractivity contribution in [3.05, 3.63) is 11.6 Å². The fourth-order valence-corrected chi connectivity index (χ4v) is 15.3. The summed E-state index contributed by atoms with van der Waals surface area (Å²) in [5.74, 6) is 0.254. The molecule has 0 aromatic rings.